The van der Waals surface area contributed by atoms with E-state index in [0.29, 0.717) is 51.5 Å². The number of hydrogen-bond acceptors (Lipinski definition) is 6. The van der Waals surface area contributed by atoms with Crippen LogP contribution in [0.15, 0.2) is 18.5 Å². The number of pyridine rings is 1. The molecule has 2 aliphatic heterocycles. The Morgan fingerprint density at radius 2 is 1.71 bits per heavy atom. The monoisotopic (exact) mass is 334 g/mol. The molecular weight excluding hydrogens is 312 g/mol. The fourth-order valence-electron chi connectivity index (χ4n) is 2.94. The van der Waals surface area contributed by atoms with Gasteiger partial charge in [-0.25, -0.2) is 0 Å². The van der Waals surface area contributed by atoms with Crippen LogP contribution in [-0.4, -0.2) is 95.6 Å². The lowest BCUT2D eigenvalue weighted by Crippen LogP contribution is -2.53. The molecule has 24 heavy (non-hydrogen) atoms. The van der Waals surface area contributed by atoms with Crippen LogP contribution in [0.4, 0.5) is 0 Å². The molecule has 0 atom stereocenters. The number of aromatic nitrogens is 1. The average Bonchev–Trinajstić information content (AvgIpc) is 2.62. The maximum Gasteiger partial charge on any atom is 0.255 e. The predicted molar refractivity (Wildman–Crippen MR) is 85.6 cm³/mol. The Kier molecular flexibility index (Phi) is 5.27. The van der Waals surface area contributed by atoms with Crippen LogP contribution in [0.1, 0.15) is 10.4 Å². The van der Waals surface area contributed by atoms with Crippen molar-refractivity contribution in [2.75, 3.05) is 59.0 Å². The normalized spacial score (nSPS) is 19.3. The largest absolute Gasteiger partial charge is 0.506 e. The topological polar surface area (TPSA) is 86.2 Å². The summed E-state index contributed by atoms with van der Waals surface area (Å²) in [6, 6.07) is 1.41. The molecular formula is C16H22N4O4. The van der Waals surface area contributed by atoms with Crippen molar-refractivity contribution in [3.8, 4) is 5.75 Å². The van der Waals surface area contributed by atoms with Gasteiger partial charge in [0.25, 0.3) is 5.91 Å². The second-order valence-electron chi connectivity index (χ2n) is 5.99. The lowest BCUT2D eigenvalue weighted by molar-refractivity contribution is -0.134. The highest BCUT2D eigenvalue weighted by molar-refractivity contribution is 5.94. The van der Waals surface area contributed by atoms with E-state index in [9.17, 15) is 14.7 Å². The van der Waals surface area contributed by atoms with Crippen LogP contribution >= 0.6 is 0 Å². The van der Waals surface area contributed by atoms with E-state index in [1.54, 1.807) is 9.80 Å². The minimum absolute atomic E-state index is 0.0276. The fraction of sp³-hybridized carbons (Fsp3) is 0.562. The summed E-state index contributed by atoms with van der Waals surface area (Å²) in [6.45, 7) is 5.37. The summed E-state index contributed by atoms with van der Waals surface area (Å²) in [5.41, 5.74) is 0.364. The molecule has 1 aromatic heterocycles. The van der Waals surface area contributed by atoms with Crippen molar-refractivity contribution in [1.29, 1.82) is 0 Å². The first-order valence-corrected chi connectivity index (χ1v) is 8.14. The number of ether oxygens (including phenoxy) is 1. The van der Waals surface area contributed by atoms with Gasteiger partial charge < -0.3 is 19.6 Å². The molecule has 0 saturated carbocycles. The van der Waals surface area contributed by atoms with Gasteiger partial charge in [0.05, 0.1) is 31.5 Å². The first-order chi connectivity index (χ1) is 11.6. The van der Waals surface area contributed by atoms with Crippen molar-refractivity contribution in [2.45, 2.75) is 0 Å². The molecule has 0 spiro atoms. The van der Waals surface area contributed by atoms with Gasteiger partial charge in [-0.2, -0.15) is 0 Å². The first-order valence-electron chi connectivity index (χ1n) is 8.14. The number of piperazine rings is 1. The molecule has 1 aromatic rings. The lowest BCUT2D eigenvalue weighted by atomic mass is 10.2. The molecule has 2 saturated heterocycles. The maximum absolute atomic E-state index is 12.4. The van der Waals surface area contributed by atoms with Gasteiger partial charge in [0.15, 0.2) is 0 Å². The fourth-order valence-corrected chi connectivity index (χ4v) is 2.94. The third-order valence-corrected chi connectivity index (χ3v) is 4.35. The van der Waals surface area contributed by atoms with E-state index in [2.05, 4.69) is 9.88 Å². The first kappa shape index (κ1) is 16.7. The maximum atomic E-state index is 12.4. The molecule has 0 unspecified atom stereocenters. The molecule has 0 aromatic carbocycles. The number of amides is 2. The third kappa shape index (κ3) is 4.01. The molecule has 0 radical (unpaired) electrons. The third-order valence-electron chi connectivity index (χ3n) is 4.35. The number of carbonyl (C=O) groups excluding carboxylic acids is 2. The van der Waals surface area contributed by atoms with Crippen molar-refractivity contribution in [2.24, 2.45) is 0 Å². The van der Waals surface area contributed by atoms with E-state index in [4.69, 9.17) is 4.74 Å². The van der Waals surface area contributed by atoms with Crippen LogP contribution in [0.2, 0.25) is 0 Å². The van der Waals surface area contributed by atoms with Gasteiger partial charge in [-0.15, -0.1) is 0 Å². The number of carbonyl (C=O) groups is 2. The van der Waals surface area contributed by atoms with Crippen LogP contribution in [0.25, 0.3) is 0 Å². The second-order valence-corrected chi connectivity index (χ2v) is 5.99. The second kappa shape index (κ2) is 7.59. The summed E-state index contributed by atoms with van der Waals surface area (Å²) in [5.74, 6) is -0.0955. The predicted octanol–water partition coefficient (Wildman–Crippen LogP) is -0.596. The lowest BCUT2D eigenvalue weighted by Gasteiger charge is -2.36. The smallest absolute Gasteiger partial charge is 0.255 e. The van der Waals surface area contributed by atoms with Gasteiger partial charge in [0.1, 0.15) is 5.75 Å². The van der Waals surface area contributed by atoms with Gasteiger partial charge in [-0.3, -0.25) is 19.5 Å². The Morgan fingerprint density at radius 3 is 2.38 bits per heavy atom. The summed E-state index contributed by atoms with van der Waals surface area (Å²) < 4.78 is 5.28. The van der Waals surface area contributed by atoms with Gasteiger partial charge in [-0.1, -0.05) is 0 Å². The Bertz CT molecular complexity index is 595. The molecule has 8 heteroatoms. The zero-order valence-electron chi connectivity index (χ0n) is 13.6. The highest BCUT2D eigenvalue weighted by Crippen LogP contribution is 2.13. The van der Waals surface area contributed by atoms with E-state index in [1.165, 1.54) is 18.5 Å². The number of nitrogens with zero attached hydrogens (tertiary/aromatic N) is 4. The zero-order chi connectivity index (χ0) is 16.9. The highest BCUT2D eigenvalue weighted by Gasteiger charge is 2.26. The molecule has 2 amide bonds. The van der Waals surface area contributed by atoms with E-state index >= 15 is 0 Å². The molecule has 0 bridgehead atoms. The van der Waals surface area contributed by atoms with Gasteiger partial charge in [0, 0.05) is 45.5 Å². The van der Waals surface area contributed by atoms with E-state index < -0.39 is 0 Å². The summed E-state index contributed by atoms with van der Waals surface area (Å²) in [5, 5.41) is 9.43. The molecule has 3 rings (SSSR count). The summed E-state index contributed by atoms with van der Waals surface area (Å²) >= 11 is 0. The van der Waals surface area contributed by atoms with Crippen molar-refractivity contribution in [3.05, 3.63) is 24.0 Å². The molecule has 0 aliphatic carbocycles. The van der Waals surface area contributed by atoms with Gasteiger partial charge >= 0.3 is 0 Å². The molecule has 8 nitrogen and oxygen atoms in total. The van der Waals surface area contributed by atoms with Crippen LogP contribution in [-0.2, 0) is 9.53 Å². The number of aromatic hydroxyl groups is 1. The Morgan fingerprint density at radius 1 is 1.04 bits per heavy atom. The van der Waals surface area contributed by atoms with E-state index in [0.717, 1.165) is 13.1 Å². The Labute approximate surface area is 140 Å². The average molecular weight is 334 g/mol. The Hall–Kier alpha value is -2.19. The van der Waals surface area contributed by atoms with Crippen molar-refractivity contribution < 1.29 is 19.4 Å². The highest BCUT2D eigenvalue weighted by atomic mass is 16.5. The summed E-state index contributed by atoms with van der Waals surface area (Å²) in [4.78, 5) is 34.2. The van der Waals surface area contributed by atoms with Crippen molar-refractivity contribution >= 4 is 11.8 Å². The molecule has 2 aliphatic rings. The zero-order valence-corrected chi connectivity index (χ0v) is 13.6. The molecule has 2 fully saturated rings. The van der Waals surface area contributed by atoms with Crippen molar-refractivity contribution in [1.82, 2.24) is 19.7 Å². The quantitative estimate of drug-likeness (QED) is 0.795. The number of rotatable bonds is 3. The standard InChI is InChI=1S/C16H22N4O4/c21-14-9-13(10-17-11-14)16(23)20-3-1-19(2-4-20)15(22)12-18-5-7-24-8-6-18/h9-11,21H,1-8,12H2. The molecule has 3 heterocycles. The van der Waals surface area contributed by atoms with Crippen LogP contribution in [0.5, 0.6) is 5.75 Å². The van der Waals surface area contributed by atoms with E-state index in [-0.39, 0.29) is 17.6 Å². The SMILES string of the molecule is O=C(CN1CCOCC1)N1CCN(C(=O)c2cncc(O)c2)CC1. The van der Waals surface area contributed by atoms with Crippen LogP contribution in [0, 0.1) is 0 Å². The van der Waals surface area contributed by atoms with Gasteiger partial charge in [0.2, 0.25) is 5.91 Å². The minimum atomic E-state index is -0.168. The van der Waals surface area contributed by atoms with Gasteiger partial charge in [-0.05, 0) is 6.07 Å². The molecule has 1 N–H and O–H groups in total. The number of morpholine rings is 1. The summed E-state index contributed by atoms with van der Waals surface area (Å²) in [6.07, 6.45) is 2.73. The number of hydrogen-bond donors (Lipinski definition) is 1. The Balaban J connectivity index is 1.50. The van der Waals surface area contributed by atoms with E-state index in [1.807, 2.05) is 0 Å². The minimum Gasteiger partial charge on any atom is -0.506 e. The van der Waals surface area contributed by atoms with Crippen LogP contribution < -0.4 is 0 Å². The summed E-state index contributed by atoms with van der Waals surface area (Å²) in [7, 11) is 0. The van der Waals surface area contributed by atoms with Crippen LogP contribution in [0.3, 0.4) is 0 Å². The molecule has 130 valence electrons. The van der Waals surface area contributed by atoms with Crippen molar-refractivity contribution in [3.63, 3.8) is 0 Å².